The number of ether oxygens (including phenoxy) is 2. The smallest absolute Gasteiger partial charge is 0.257 e. The van der Waals surface area contributed by atoms with Crippen molar-refractivity contribution in [3.63, 3.8) is 0 Å². The van der Waals surface area contributed by atoms with Crippen molar-refractivity contribution >= 4 is 67.9 Å². The van der Waals surface area contributed by atoms with Crippen LogP contribution in [0.4, 0.5) is 33.1 Å². The van der Waals surface area contributed by atoms with Gasteiger partial charge in [-0.3, -0.25) is 4.79 Å². The lowest BCUT2D eigenvalue weighted by molar-refractivity contribution is 0.102. The number of benzene rings is 4. The highest BCUT2D eigenvalue weighted by Crippen LogP contribution is 2.36. The zero-order valence-corrected chi connectivity index (χ0v) is 30.0. The van der Waals surface area contributed by atoms with E-state index in [2.05, 4.69) is 47.7 Å². The van der Waals surface area contributed by atoms with Gasteiger partial charge in [0.05, 0.1) is 41.7 Å². The summed E-state index contributed by atoms with van der Waals surface area (Å²) in [6, 6.07) is 20.0. The number of pyridine rings is 1. The Balaban J connectivity index is 1.27. The molecule has 1 saturated heterocycles. The second kappa shape index (κ2) is 14.9. The van der Waals surface area contributed by atoms with E-state index in [4.69, 9.17) is 21.1 Å². The molecule has 0 aliphatic carbocycles. The van der Waals surface area contributed by atoms with Gasteiger partial charge in [0.1, 0.15) is 29.5 Å². The Morgan fingerprint density at radius 1 is 0.904 bits per heavy atom. The Bertz CT molecular complexity index is 2300. The molecule has 2 aromatic heterocycles. The minimum atomic E-state index is -0.574. The van der Waals surface area contributed by atoms with Gasteiger partial charge in [0.2, 0.25) is 0 Å². The molecule has 0 unspecified atom stereocenters. The number of rotatable bonds is 10. The number of halogens is 2. The topological polar surface area (TPSA) is 117 Å². The summed E-state index contributed by atoms with van der Waals surface area (Å²) in [5.74, 6) is 1.48. The van der Waals surface area contributed by atoms with Gasteiger partial charge in [-0.25, -0.2) is 19.3 Å². The average Bonchev–Trinajstić information content (AvgIpc) is 3.16. The normalized spacial score (nSPS) is 13.3. The summed E-state index contributed by atoms with van der Waals surface area (Å²) in [6.45, 7) is 5.74. The number of carbonyl (C=O) groups is 1. The summed E-state index contributed by atoms with van der Waals surface area (Å²) < 4.78 is 25.8. The van der Waals surface area contributed by atoms with Crippen LogP contribution in [0.2, 0.25) is 5.02 Å². The number of aryl methyl sites for hydroxylation is 1. The van der Waals surface area contributed by atoms with Gasteiger partial charge in [-0.1, -0.05) is 29.8 Å². The van der Waals surface area contributed by atoms with Crippen LogP contribution in [0, 0.1) is 12.7 Å². The summed E-state index contributed by atoms with van der Waals surface area (Å²) in [6.07, 6.45) is 3.08. The van der Waals surface area contributed by atoms with Crippen LogP contribution in [0.5, 0.6) is 11.5 Å². The molecule has 1 fully saturated rings. The molecule has 0 saturated carbocycles. The van der Waals surface area contributed by atoms with E-state index in [1.54, 1.807) is 32.5 Å². The summed E-state index contributed by atoms with van der Waals surface area (Å²) in [5, 5.41) is 11.9. The van der Waals surface area contributed by atoms with E-state index in [0.29, 0.717) is 57.2 Å². The van der Waals surface area contributed by atoms with Crippen LogP contribution in [0.1, 0.15) is 21.5 Å². The predicted octanol–water partition coefficient (Wildman–Crippen LogP) is 7.66. The maximum absolute atomic E-state index is 14.8. The Labute approximate surface area is 305 Å². The Hall–Kier alpha value is -5.72. The van der Waals surface area contributed by atoms with Crippen molar-refractivity contribution in [1.82, 2.24) is 19.9 Å². The third-order valence-electron chi connectivity index (χ3n) is 9.37. The van der Waals surface area contributed by atoms with Gasteiger partial charge in [-0.15, -0.1) is 0 Å². The lowest BCUT2D eigenvalue weighted by Crippen LogP contribution is -2.44. The van der Waals surface area contributed by atoms with Crippen LogP contribution >= 0.6 is 11.6 Å². The minimum absolute atomic E-state index is 0.00249. The van der Waals surface area contributed by atoms with Crippen molar-refractivity contribution in [3.05, 3.63) is 107 Å². The fourth-order valence-electron chi connectivity index (χ4n) is 6.43. The number of hydrogen-bond acceptors (Lipinski definition) is 10. The number of methoxy groups -OCH3 is 2. The monoisotopic (exact) mass is 720 g/mol. The molecule has 1 aliphatic heterocycles. The largest absolute Gasteiger partial charge is 0.497 e. The number of hydrogen-bond donors (Lipinski definition) is 3. The highest BCUT2D eigenvalue weighted by atomic mass is 35.5. The second-order valence-corrected chi connectivity index (χ2v) is 13.0. The maximum Gasteiger partial charge on any atom is 0.257 e. The first-order valence-electron chi connectivity index (χ1n) is 16.8. The van der Waals surface area contributed by atoms with Gasteiger partial charge in [-0.2, -0.15) is 0 Å². The quantitative estimate of drug-likeness (QED) is 0.130. The molecule has 1 amide bonds. The molecule has 52 heavy (non-hydrogen) atoms. The predicted molar refractivity (Wildman–Crippen MR) is 205 cm³/mol. The van der Waals surface area contributed by atoms with Crippen LogP contribution in [0.25, 0.3) is 21.7 Å². The fourth-order valence-corrected chi connectivity index (χ4v) is 6.60. The van der Waals surface area contributed by atoms with Gasteiger partial charge in [0.15, 0.2) is 5.82 Å². The van der Waals surface area contributed by atoms with Gasteiger partial charge < -0.3 is 35.2 Å². The van der Waals surface area contributed by atoms with E-state index in [1.807, 2.05) is 55.5 Å². The molecule has 4 aromatic carbocycles. The van der Waals surface area contributed by atoms with Gasteiger partial charge in [-0.05, 0) is 62.0 Å². The van der Waals surface area contributed by atoms with Crippen molar-refractivity contribution in [2.75, 3.05) is 68.3 Å². The van der Waals surface area contributed by atoms with Crippen molar-refractivity contribution in [3.8, 4) is 11.5 Å². The average molecular weight is 721 g/mol. The molecule has 7 rings (SSSR count). The van der Waals surface area contributed by atoms with Gasteiger partial charge in [0.25, 0.3) is 5.91 Å². The molecule has 0 spiro atoms. The summed E-state index contributed by atoms with van der Waals surface area (Å²) in [4.78, 5) is 32.7. The van der Waals surface area contributed by atoms with E-state index in [1.165, 1.54) is 12.4 Å². The number of nitrogens with zero attached hydrogens (tertiary/aromatic N) is 5. The number of anilines is 5. The molecule has 3 heterocycles. The number of amides is 1. The molecule has 0 bridgehead atoms. The molecule has 11 nitrogen and oxygen atoms in total. The van der Waals surface area contributed by atoms with E-state index in [9.17, 15) is 9.18 Å². The standard InChI is InChI=1S/C39H38ClFN8O3/c1-23-8-11-28-27(12-13-42-38(28)46-32-7-5-6-31(40)34(32)41)35(23)47-39(50)30-19-25(49-16-14-48(2)15-17-49)18-29-36(30)44-22-45-37(29)43-21-24-9-10-26(51-3)20-33(24)52-4/h5-13,18-20,22H,14-17,21H2,1-4H3,(H,42,46)(H,47,50)(H,43,44,45). The first-order valence-corrected chi connectivity index (χ1v) is 17.2. The van der Waals surface area contributed by atoms with E-state index in [0.717, 1.165) is 48.4 Å². The van der Waals surface area contributed by atoms with E-state index in [-0.39, 0.29) is 16.6 Å². The fraction of sp³-hybridized carbons (Fsp3) is 0.231. The van der Waals surface area contributed by atoms with Crippen molar-refractivity contribution in [1.29, 1.82) is 0 Å². The van der Waals surface area contributed by atoms with Crippen molar-refractivity contribution < 1.29 is 18.7 Å². The van der Waals surface area contributed by atoms with Crippen molar-refractivity contribution in [2.24, 2.45) is 0 Å². The number of nitrogens with one attached hydrogen (secondary N) is 3. The maximum atomic E-state index is 14.8. The van der Waals surface area contributed by atoms with Crippen LogP contribution < -0.4 is 30.3 Å². The van der Waals surface area contributed by atoms with Crippen LogP contribution in [0.15, 0.2) is 79.3 Å². The highest BCUT2D eigenvalue weighted by Gasteiger charge is 2.22. The molecule has 1 aliphatic rings. The molecule has 3 N–H and O–H groups in total. The van der Waals surface area contributed by atoms with Crippen LogP contribution in [0.3, 0.4) is 0 Å². The Morgan fingerprint density at radius 3 is 2.52 bits per heavy atom. The first kappa shape index (κ1) is 34.7. The lowest BCUT2D eigenvalue weighted by Gasteiger charge is -2.34. The molecule has 13 heteroatoms. The number of aromatic nitrogens is 3. The van der Waals surface area contributed by atoms with Gasteiger partial charge >= 0.3 is 0 Å². The lowest BCUT2D eigenvalue weighted by atomic mass is 10.0. The third-order valence-corrected chi connectivity index (χ3v) is 9.67. The second-order valence-electron chi connectivity index (χ2n) is 12.6. The SMILES string of the molecule is COc1ccc(CNc2ncnc3c(C(=O)Nc4c(C)ccc5c(Nc6cccc(Cl)c6F)nccc45)cc(N4CCN(C)CC4)cc23)c(OC)c1. The Kier molecular flexibility index (Phi) is 9.92. The number of fused-ring (bicyclic) bond motifs is 2. The summed E-state index contributed by atoms with van der Waals surface area (Å²) in [5.41, 5.74) is 4.38. The highest BCUT2D eigenvalue weighted by molar-refractivity contribution is 6.31. The molecule has 0 radical (unpaired) electrons. The van der Waals surface area contributed by atoms with E-state index < -0.39 is 5.82 Å². The summed E-state index contributed by atoms with van der Waals surface area (Å²) in [7, 11) is 5.34. The molecular formula is C39H38ClFN8O3. The molecule has 0 atom stereocenters. The number of piperazine rings is 1. The summed E-state index contributed by atoms with van der Waals surface area (Å²) >= 11 is 6.04. The molecule has 6 aromatic rings. The van der Waals surface area contributed by atoms with Crippen LogP contribution in [-0.2, 0) is 6.54 Å². The first-order chi connectivity index (χ1) is 25.2. The van der Waals surface area contributed by atoms with E-state index >= 15 is 0 Å². The Morgan fingerprint density at radius 2 is 1.73 bits per heavy atom. The number of likely N-dealkylation sites (N-methyl/N-ethyl adjacent to an activating group) is 1. The molecule has 266 valence electrons. The third kappa shape index (κ3) is 6.95. The van der Waals surface area contributed by atoms with Gasteiger partial charge in [0, 0.05) is 72.4 Å². The van der Waals surface area contributed by atoms with Crippen LogP contribution in [-0.4, -0.2) is 73.2 Å². The zero-order valence-electron chi connectivity index (χ0n) is 29.3. The van der Waals surface area contributed by atoms with Crippen molar-refractivity contribution in [2.45, 2.75) is 13.5 Å². The molecular weight excluding hydrogens is 683 g/mol. The number of carbonyl (C=O) groups excluding carboxylic acids is 1. The minimum Gasteiger partial charge on any atom is -0.497 e. The zero-order chi connectivity index (χ0) is 36.4.